The lowest BCUT2D eigenvalue weighted by atomic mass is 9.95. The molecule has 24 heavy (non-hydrogen) atoms. The van der Waals surface area contributed by atoms with E-state index in [-0.39, 0.29) is 23.0 Å². The van der Waals surface area contributed by atoms with Crippen molar-refractivity contribution in [3.63, 3.8) is 0 Å². The Labute approximate surface area is 143 Å². The Morgan fingerprint density at radius 3 is 2.58 bits per heavy atom. The lowest BCUT2D eigenvalue weighted by molar-refractivity contribution is 0.553. The van der Waals surface area contributed by atoms with E-state index in [4.69, 9.17) is 0 Å². The van der Waals surface area contributed by atoms with Crippen LogP contribution in [0, 0.1) is 5.82 Å². The first-order valence-electron chi connectivity index (χ1n) is 8.16. The van der Waals surface area contributed by atoms with Gasteiger partial charge in [0, 0.05) is 31.3 Å². The van der Waals surface area contributed by atoms with Crippen molar-refractivity contribution in [3.8, 4) is 0 Å². The number of halogens is 1. The first-order chi connectivity index (χ1) is 11.3. The van der Waals surface area contributed by atoms with Gasteiger partial charge in [-0.05, 0) is 37.8 Å². The molecule has 1 unspecified atom stereocenters. The molecule has 134 valence electrons. The van der Waals surface area contributed by atoms with Gasteiger partial charge in [-0.2, -0.15) is 0 Å². The predicted molar refractivity (Wildman–Crippen MR) is 95.6 cm³/mol. The Bertz CT molecular complexity index is 700. The first-order valence-corrected chi connectivity index (χ1v) is 10.2. The van der Waals surface area contributed by atoms with E-state index in [9.17, 15) is 12.8 Å². The molecule has 1 aromatic rings. The molecule has 2 N–H and O–H groups in total. The summed E-state index contributed by atoms with van der Waals surface area (Å²) in [5, 5.41) is 6.44. The fourth-order valence-electron chi connectivity index (χ4n) is 2.73. The fraction of sp³-hybridized carbons (Fsp3) is 0.588. The highest BCUT2D eigenvalue weighted by Gasteiger charge is 2.45. The zero-order chi connectivity index (χ0) is 17.8. The molecule has 0 heterocycles. The van der Waals surface area contributed by atoms with Crippen LogP contribution in [0.15, 0.2) is 29.3 Å². The maximum absolute atomic E-state index is 14.0. The Kier molecular flexibility index (Phi) is 5.85. The van der Waals surface area contributed by atoms with Gasteiger partial charge in [-0.15, -0.1) is 0 Å². The van der Waals surface area contributed by atoms with Crippen LogP contribution in [0.25, 0.3) is 0 Å². The molecule has 0 bridgehead atoms. The quantitative estimate of drug-likeness (QED) is 0.578. The van der Waals surface area contributed by atoms with Gasteiger partial charge in [0.15, 0.2) is 5.96 Å². The van der Waals surface area contributed by atoms with Gasteiger partial charge < -0.3 is 10.6 Å². The molecule has 1 aliphatic rings. The third-order valence-electron chi connectivity index (χ3n) is 4.42. The Hall–Kier alpha value is -1.63. The number of nitrogens with zero attached hydrogens (tertiary/aromatic N) is 1. The molecule has 0 radical (unpaired) electrons. The summed E-state index contributed by atoms with van der Waals surface area (Å²) in [5.74, 6) is 0.581. The largest absolute Gasteiger partial charge is 0.356 e. The molecular formula is C17H26FN3O2S. The number of aliphatic imine (C=N–C) groups is 1. The maximum Gasteiger partial charge on any atom is 0.191 e. The van der Waals surface area contributed by atoms with E-state index in [0.717, 1.165) is 18.4 Å². The van der Waals surface area contributed by atoms with E-state index in [1.807, 2.05) is 19.1 Å². The summed E-state index contributed by atoms with van der Waals surface area (Å²) in [4.78, 5) is 4.17. The number of nitrogens with one attached hydrogen (secondary N) is 2. The van der Waals surface area contributed by atoms with E-state index >= 15 is 0 Å². The number of benzene rings is 1. The zero-order valence-electron chi connectivity index (χ0n) is 14.5. The van der Waals surface area contributed by atoms with E-state index in [2.05, 4.69) is 15.6 Å². The minimum atomic E-state index is -2.97. The molecule has 1 atom stereocenters. The van der Waals surface area contributed by atoms with Gasteiger partial charge in [0.1, 0.15) is 15.7 Å². The summed E-state index contributed by atoms with van der Waals surface area (Å²) in [5.41, 5.74) is 0.581. The number of hydrogen-bond acceptors (Lipinski definition) is 3. The normalized spacial score (nSPS) is 18.1. The van der Waals surface area contributed by atoms with Crippen LogP contribution in [0.4, 0.5) is 4.39 Å². The fourth-order valence-corrected chi connectivity index (χ4v) is 3.51. The minimum absolute atomic E-state index is 0.0189. The molecule has 1 saturated carbocycles. The zero-order valence-corrected chi connectivity index (χ0v) is 15.3. The first kappa shape index (κ1) is 18.7. The molecule has 0 saturated heterocycles. The van der Waals surface area contributed by atoms with Crippen molar-refractivity contribution in [2.24, 2.45) is 4.99 Å². The van der Waals surface area contributed by atoms with Crippen LogP contribution >= 0.6 is 0 Å². The van der Waals surface area contributed by atoms with Crippen LogP contribution in [-0.2, 0) is 15.3 Å². The number of guanidine groups is 1. The molecule has 0 spiro atoms. The van der Waals surface area contributed by atoms with Crippen LogP contribution < -0.4 is 10.6 Å². The molecule has 0 aliphatic heterocycles. The van der Waals surface area contributed by atoms with Gasteiger partial charge in [0.2, 0.25) is 0 Å². The van der Waals surface area contributed by atoms with Crippen LogP contribution in [0.1, 0.15) is 31.7 Å². The molecule has 5 nitrogen and oxygen atoms in total. The second kappa shape index (κ2) is 7.51. The summed E-state index contributed by atoms with van der Waals surface area (Å²) < 4.78 is 36.5. The highest BCUT2D eigenvalue weighted by atomic mass is 32.2. The maximum atomic E-state index is 14.0. The summed E-state index contributed by atoms with van der Waals surface area (Å²) in [6.45, 7) is 2.52. The SMILES string of the molecule is CN=C(NCC1(c2ccccc2F)CC1)NC(C)CCS(C)(=O)=O. The summed E-state index contributed by atoms with van der Waals surface area (Å²) in [6.07, 6.45) is 3.64. The monoisotopic (exact) mass is 355 g/mol. The van der Waals surface area contributed by atoms with E-state index in [1.54, 1.807) is 13.1 Å². The average Bonchev–Trinajstić information content (AvgIpc) is 3.30. The van der Waals surface area contributed by atoms with Crippen molar-refractivity contribution >= 4 is 15.8 Å². The Balaban J connectivity index is 1.89. The highest BCUT2D eigenvalue weighted by molar-refractivity contribution is 7.90. The van der Waals surface area contributed by atoms with Crippen LogP contribution in [0.5, 0.6) is 0 Å². The number of sulfone groups is 1. The molecule has 0 amide bonds. The van der Waals surface area contributed by atoms with E-state index < -0.39 is 9.84 Å². The van der Waals surface area contributed by atoms with Gasteiger partial charge >= 0.3 is 0 Å². The molecule has 0 aromatic heterocycles. The van der Waals surface area contributed by atoms with Crippen LogP contribution in [-0.4, -0.2) is 46.0 Å². The van der Waals surface area contributed by atoms with Crippen molar-refractivity contribution in [2.75, 3.05) is 25.6 Å². The molecule has 1 aromatic carbocycles. The number of hydrogen-bond donors (Lipinski definition) is 2. The molecule has 7 heteroatoms. The van der Waals surface area contributed by atoms with Crippen LogP contribution in [0.2, 0.25) is 0 Å². The third kappa shape index (κ3) is 5.19. The van der Waals surface area contributed by atoms with E-state index in [0.29, 0.717) is 18.9 Å². The molecule has 2 rings (SSSR count). The predicted octanol–water partition coefficient (Wildman–Crippen LogP) is 1.85. The highest BCUT2D eigenvalue weighted by Crippen LogP contribution is 2.48. The summed E-state index contributed by atoms with van der Waals surface area (Å²) in [6, 6.07) is 6.88. The summed E-state index contributed by atoms with van der Waals surface area (Å²) in [7, 11) is -1.30. The second-order valence-corrected chi connectivity index (χ2v) is 8.91. The minimum Gasteiger partial charge on any atom is -0.356 e. The van der Waals surface area contributed by atoms with Gasteiger partial charge in [-0.1, -0.05) is 18.2 Å². The van der Waals surface area contributed by atoms with Crippen molar-refractivity contribution < 1.29 is 12.8 Å². The Morgan fingerprint density at radius 1 is 1.38 bits per heavy atom. The molecule has 1 aliphatic carbocycles. The smallest absolute Gasteiger partial charge is 0.191 e. The third-order valence-corrected chi connectivity index (χ3v) is 5.40. The van der Waals surface area contributed by atoms with E-state index in [1.165, 1.54) is 12.3 Å². The second-order valence-electron chi connectivity index (χ2n) is 6.65. The standard InChI is InChI=1S/C17H26FN3O2S/c1-13(8-11-24(3,22)23)21-16(19-2)20-12-17(9-10-17)14-6-4-5-7-15(14)18/h4-7,13H,8-12H2,1-3H3,(H2,19,20,21). The van der Waals surface area contributed by atoms with Gasteiger partial charge in [0.25, 0.3) is 0 Å². The molecular weight excluding hydrogens is 329 g/mol. The molecule has 1 fully saturated rings. The average molecular weight is 355 g/mol. The Morgan fingerprint density at radius 2 is 2.04 bits per heavy atom. The van der Waals surface area contributed by atoms with Crippen molar-refractivity contribution in [3.05, 3.63) is 35.6 Å². The van der Waals surface area contributed by atoms with Gasteiger partial charge in [-0.3, -0.25) is 4.99 Å². The lowest BCUT2D eigenvalue weighted by Gasteiger charge is -2.22. The van der Waals surface area contributed by atoms with Gasteiger partial charge in [0.05, 0.1) is 5.75 Å². The van der Waals surface area contributed by atoms with Crippen LogP contribution in [0.3, 0.4) is 0 Å². The lowest BCUT2D eigenvalue weighted by Crippen LogP contribution is -2.45. The van der Waals surface area contributed by atoms with Crippen molar-refractivity contribution in [1.82, 2.24) is 10.6 Å². The van der Waals surface area contributed by atoms with Crippen molar-refractivity contribution in [2.45, 2.75) is 37.6 Å². The number of rotatable bonds is 7. The van der Waals surface area contributed by atoms with Gasteiger partial charge in [-0.25, -0.2) is 12.8 Å². The summed E-state index contributed by atoms with van der Waals surface area (Å²) >= 11 is 0. The van der Waals surface area contributed by atoms with Crippen molar-refractivity contribution in [1.29, 1.82) is 0 Å². The topological polar surface area (TPSA) is 70.6 Å².